The summed E-state index contributed by atoms with van der Waals surface area (Å²) in [5, 5.41) is 10.7. The van der Waals surface area contributed by atoms with E-state index in [1.807, 2.05) is 44.2 Å². The van der Waals surface area contributed by atoms with Crippen molar-refractivity contribution in [3.8, 4) is 5.75 Å². The van der Waals surface area contributed by atoms with Gasteiger partial charge in [-0.3, -0.25) is 4.79 Å². The molecule has 0 aromatic heterocycles. The first kappa shape index (κ1) is 35.7. The van der Waals surface area contributed by atoms with Crippen LogP contribution in [0.25, 0.3) is 0 Å². The van der Waals surface area contributed by atoms with E-state index in [9.17, 15) is 18.3 Å². The molecule has 0 saturated heterocycles. The van der Waals surface area contributed by atoms with E-state index in [-0.39, 0.29) is 43.0 Å². The van der Waals surface area contributed by atoms with Crippen LogP contribution in [0.1, 0.15) is 73.9 Å². The van der Waals surface area contributed by atoms with Gasteiger partial charge in [0.15, 0.2) is 0 Å². The number of methoxy groups -OCH3 is 1. The van der Waals surface area contributed by atoms with Gasteiger partial charge < -0.3 is 24.2 Å². The number of fused-ring (bicyclic) bond motifs is 3. The number of halogens is 1. The Morgan fingerprint density at radius 2 is 1.98 bits per heavy atom. The number of nitrogens with zero attached hydrogens (tertiary/aromatic N) is 1. The summed E-state index contributed by atoms with van der Waals surface area (Å²) in [4.78, 5) is 15.9. The maximum absolute atomic E-state index is 13.7. The molecule has 0 unspecified atom stereocenters. The monoisotopic (exact) mass is 688 g/mol. The summed E-state index contributed by atoms with van der Waals surface area (Å²) in [6.45, 7) is 6.04. The third-order valence-electron chi connectivity index (χ3n) is 10.2. The maximum Gasteiger partial charge on any atom is 0.264 e. The summed E-state index contributed by atoms with van der Waals surface area (Å²) in [7, 11) is -2.54. The molecule has 2 aromatic carbocycles. The Morgan fingerprint density at radius 3 is 2.70 bits per heavy atom. The molecule has 1 fully saturated rings. The minimum Gasteiger partial charge on any atom is -0.487 e. The van der Waals surface area contributed by atoms with Crippen molar-refractivity contribution < 1.29 is 32.5 Å². The molecule has 0 spiro atoms. The molecule has 11 heteroatoms. The van der Waals surface area contributed by atoms with Crippen LogP contribution in [0.15, 0.2) is 48.6 Å². The summed E-state index contributed by atoms with van der Waals surface area (Å²) in [6, 6.07) is 11.0. The van der Waals surface area contributed by atoms with E-state index >= 15 is 0 Å². The molecule has 5 rings (SSSR count). The largest absolute Gasteiger partial charge is 0.487 e. The molecule has 3 aliphatic rings. The smallest absolute Gasteiger partial charge is 0.264 e. The Morgan fingerprint density at radius 1 is 1.15 bits per heavy atom. The molecule has 2 bridgehead atoms. The second-order valence-corrected chi connectivity index (χ2v) is 15.5. The normalized spacial score (nSPS) is 28.8. The van der Waals surface area contributed by atoms with Crippen LogP contribution < -0.4 is 14.4 Å². The van der Waals surface area contributed by atoms with Crippen LogP contribution in [0.5, 0.6) is 5.75 Å². The molecule has 2 N–H and O–H groups in total. The maximum atomic E-state index is 13.7. The van der Waals surface area contributed by atoms with Crippen LogP contribution in [0.2, 0.25) is 5.02 Å². The van der Waals surface area contributed by atoms with Crippen molar-refractivity contribution in [1.29, 1.82) is 0 Å². The van der Waals surface area contributed by atoms with Gasteiger partial charge in [0.2, 0.25) is 10.0 Å². The number of anilines is 1. The van der Waals surface area contributed by atoms with E-state index in [1.54, 1.807) is 18.2 Å². The van der Waals surface area contributed by atoms with Crippen LogP contribution in [0.3, 0.4) is 0 Å². The molecule has 5 atom stereocenters. The van der Waals surface area contributed by atoms with Gasteiger partial charge in [0.25, 0.3) is 5.91 Å². The Labute approximate surface area is 284 Å². The molecule has 1 saturated carbocycles. The van der Waals surface area contributed by atoms with E-state index < -0.39 is 26.8 Å². The summed E-state index contributed by atoms with van der Waals surface area (Å²) >= 11 is 6.35. The number of sulfonamides is 1. The van der Waals surface area contributed by atoms with Gasteiger partial charge in [-0.25, -0.2) is 13.1 Å². The fourth-order valence-electron chi connectivity index (χ4n) is 7.43. The number of aliphatic hydroxyl groups excluding tert-OH is 1. The summed E-state index contributed by atoms with van der Waals surface area (Å²) in [6.07, 6.45) is 9.16. The highest BCUT2D eigenvalue weighted by molar-refractivity contribution is 7.90. The molecule has 2 aliphatic heterocycles. The quantitative estimate of drug-likeness (QED) is 0.360. The van der Waals surface area contributed by atoms with E-state index in [0.717, 1.165) is 48.9 Å². The molecule has 9 nitrogen and oxygen atoms in total. The van der Waals surface area contributed by atoms with Gasteiger partial charge in [-0.1, -0.05) is 36.7 Å². The fourth-order valence-corrected chi connectivity index (χ4v) is 9.29. The predicted molar refractivity (Wildman–Crippen MR) is 185 cm³/mol. The molecule has 47 heavy (non-hydrogen) atoms. The number of carbonyl (C=O) groups is 1. The van der Waals surface area contributed by atoms with Gasteiger partial charge in [0, 0.05) is 44.0 Å². The second kappa shape index (κ2) is 15.7. The van der Waals surface area contributed by atoms with E-state index in [4.69, 9.17) is 25.8 Å². The lowest BCUT2D eigenvalue weighted by Crippen LogP contribution is -2.53. The van der Waals surface area contributed by atoms with Gasteiger partial charge >= 0.3 is 0 Å². The predicted octanol–water partition coefficient (Wildman–Crippen LogP) is 5.92. The van der Waals surface area contributed by atoms with Gasteiger partial charge in [-0.15, -0.1) is 0 Å². The molecule has 258 valence electrons. The number of ether oxygens (including phenoxy) is 3. The van der Waals surface area contributed by atoms with Crippen LogP contribution in [-0.4, -0.2) is 70.3 Å². The Bertz CT molecular complexity index is 1530. The lowest BCUT2D eigenvalue weighted by atomic mass is 9.64. The average molecular weight is 689 g/mol. The van der Waals surface area contributed by atoms with Gasteiger partial charge in [-0.2, -0.15) is 0 Å². The van der Waals surface area contributed by atoms with Crippen LogP contribution in [0, 0.1) is 17.8 Å². The SMILES string of the molecule is CCO[C@]1(CO)/C=C/C[C@H](C)[C@@H](CCOC)S(=O)(=O)NC(=O)c2ccc3c(c2)N(CCCCc2cc(Cl)ccc2CO3)C[C@@H]2CC[C@H]21. The van der Waals surface area contributed by atoms with Gasteiger partial charge in [-0.05, 0) is 111 Å². The van der Waals surface area contributed by atoms with Crippen molar-refractivity contribution in [3.63, 3.8) is 0 Å². The van der Waals surface area contributed by atoms with Crippen LogP contribution in [0.4, 0.5) is 5.69 Å². The number of benzene rings is 2. The fraction of sp³-hybridized carbons (Fsp3) is 0.583. The zero-order valence-corrected chi connectivity index (χ0v) is 29.3. The van der Waals surface area contributed by atoms with E-state index in [0.29, 0.717) is 43.5 Å². The molecule has 2 aromatic rings. The van der Waals surface area contributed by atoms with Crippen molar-refractivity contribution >= 4 is 33.2 Å². The first-order valence-electron chi connectivity index (χ1n) is 16.9. The molecular formula is C36H49ClN2O7S. The highest BCUT2D eigenvalue weighted by atomic mass is 35.5. The summed E-state index contributed by atoms with van der Waals surface area (Å²) in [5.41, 5.74) is 2.34. The Balaban J connectivity index is 1.59. The van der Waals surface area contributed by atoms with Crippen molar-refractivity contribution in [2.45, 2.75) is 76.3 Å². The number of hydrogen-bond donors (Lipinski definition) is 2. The van der Waals surface area contributed by atoms with Gasteiger partial charge in [0.05, 0.1) is 17.5 Å². The minimum absolute atomic E-state index is 0.0698. The van der Waals surface area contributed by atoms with Gasteiger partial charge in [0.1, 0.15) is 18.0 Å². The molecule has 2 heterocycles. The summed E-state index contributed by atoms with van der Waals surface area (Å²) in [5.74, 6) is -0.0837. The number of hydrogen-bond acceptors (Lipinski definition) is 8. The molecular weight excluding hydrogens is 640 g/mol. The number of aliphatic hydroxyl groups is 1. The standard InChI is InChI=1S/C36H49ClN2O7S/c1-4-46-36(24-40)17-7-8-25(2)34(16-19-44-3)47(42,43)38-35(41)27-12-15-33-32(21-27)39(22-28-11-14-31(28)36)18-6-5-9-26-20-30(37)13-10-29(26)23-45-33/h7,10,12-13,15,17,20-21,25,28,31,34,40H,4-6,8-9,11,14,16,18-19,22-24H2,1-3H3,(H,38,41)/b17-7+/t25-,28-,31+,34+,36-/m0/s1. The first-order chi connectivity index (χ1) is 22.6. The number of rotatable bonds is 6. The van der Waals surface area contributed by atoms with Crippen molar-refractivity contribution in [2.75, 3.05) is 44.9 Å². The zero-order chi connectivity index (χ0) is 33.6. The topological polar surface area (TPSA) is 114 Å². The molecule has 0 radical (unpaired) electrons. The lowest BCUT2D eigenvalue weighted by molar-refractivity contribution is -0.119. The van der Waals surface area contributed by atoms with Crippen molar-refractivity contribution in [1.82, 2.24) is 4.72 Å². The lowest BCUT2D eigenvalue weighted by Gasteiger charge is -2.49. The average Bonchev–Trinajstić information content (AvgIpc) is 3.05. The summed E-state index contributed by atoms with van der Waals surface area (Å²) < 4.78 is 47.9. The van der Waals surface area contributed by atoms with Crippen molar-refractivity contribution in [2.24, 2.45) is 17.8 Å². The Kier molecular flexibility index (Phi) is 11.9. The zero-order valence-electron chi connectivity index (χ0n) is 27.8. The van der Waals surface area contributed by atoms with E-state index in [2.05, 4.69) is 9.62 Å². The third-order valence-corrected chi connectivity index (χ3v) is 12.4. The number of aryl methyl sites for hydroxylation is 1. The molecule has 1 amide bonds. The number of nitrogens with one attached hydrogen (secondary N) is 1. The van der Waals surface area contributed by atoms with E-state index in [1.165, 1.54) is 7.11 Å². The van der Waals surface area contributed by atoms with Crippen molar-refractivity contribution in [3.05, 3.63) is 70.3 Å². The minimum atomic E-state index is -4.07. The molecule has 1 aliphatic carbocycles. The Hall–Kier alpha value is -2.63. The second-order valence-electron chi connectivity index (χ2n) is 13.2. The number of allylic oxidation sites excluding steroid dienone is 1. The van der Waals surface area contributed by atoms with Crippen LogP contribution >= 0.6 is 11.6 Å². The first-order valence-corrected chi connectivity index (χ1v) is 18.8. The third kappa shape index (κ3) is 8.16. The number of amides is 1. The highest BCUT2D eigenvalue weighted by Crippen LogP contribution is 2.46. The number of carbonyl (C=O) groups excluding carboxylic acids is 1. The van der Waals surface area contributed by atoms with Crippen LogP contribution in [-0.2, 0) is 32.5 Å². The highest BCUT2D eigenvalue weighted by Gasteiger charge is 2.47.